The van der Waals surface area contributed by atoms with E-state index >= 15 is 0 Å². The summed E-state index contributed by atoms with van der Waals surface area (Å²) < 4.78 is 113. The van der Waals surface area contributed by atoms with Crippen molar-refractivity contribution in [3.05, 3.63) is 194 Å². The molecule has 324 valence electrons. The smallest absolute Gasteiger partial charge is 0.458 e. The second-order valence-corrected chi connectivity index (χ2v) is 18.6. The minimum atomic E-state index is -0.571. The van der Waals surface area contributed by atoms with Crippen LogP contribution in [0.25, 0.3) is 72.3 Å². The van der Waals surface area contributed by atoms with Crippen molar-refractivity contribution in [2.45, 2.75) is 65.1 Å². The third-order valence-electron chi connectivity index (χ3n) is 12.8. The molecule has 0 N–H and O–H groups in total. The van der Waals surface area contributed by atoms with Crippen LogP contribution in [0.4, 0.5) is 0 Å². The van der Waals surface area contributed by atoms with Crippen molar-refractivity contribution in [2.24, 2.45) is 0 Å². The molecular formula is C58H51BN4O3. The fraction of sp³-hybridized carbons (Fsp3) is 0.172. The second-order valence-electron chi connectivity index (χ2n) is 18.6. The van der Waals surface area contributed by atoms with Crippen molar-refractivity contribution in [2.75, 3.05) is 0 Å². The normalized spacial score (nSPS) is 16.8. The van der Waals surface area contributed by atoms with Gasteiger partial charge in [0.1, 0.15) is 17.3 Å². The van der Waals surface area contributed by atoms with E-state index in [1.165, 1.54) is 0 Å². The largest absolute Gasteiger partial charge is 0.494 e. The van der Waals surface area contributed by atoms with Crippen LogP contribution in [-0.4, -0.2) is 32.4 Å². The number of fused-ring (bicyclic) bond motifs is 4. The molecular weight excluding hydrogens is 811 g/mol. The Labute approximate surface area is 400 Å². The zero-order valence-electron chi connectivity index (χ0n) is 47.6. The third kappa shape index (κ3) is 7.18. The molecule has 0 bridgehead atoms. The summed E-state index contributed by atoms with van der Waals surface area (Å²) >= 11 is 0. The molecule has 7 aromatic carbocycles. The molecule has 1 aliphatic rings. The van der Waals surface area contributed by atoms with E-state index in [1.54, 1.807) is 27.3 Å². The first kappa shape index (κ1) is 31.6. The van der Waals surface area contributed by atoms with Gasteiger partial charge in [-0.1, -0.05) is 142 Å². The minimum Gasteiger partial charge on any atom is -0.458 e. The van der Waals surface area contributed by atoms with Gasteiger partial charge in [0.2, 0.25) is 0 Å². The van der Waals surface area contributed by atoms with Gasteiger partial charge in [0.25, 0.3) is 6.33 Å². The van der Waals surface area contributed by atoms with Gasteiger partial charge in [0, 0.05) is 23.0 Å². The van der Waals surface area contributed by atoms with Crippen molar-refractivity contribution >= 4 is 45.4 Å². The van der Waals surface area contributed by atoms with E-state index in [2.05, 4.69) is 49.9 Å². The van der Waals surface area contributed by atoms with Crippen LogP contribution in [0.5, 0.6) is 11.5 Å². The summed E-state index contributed by atoms with van der Waals surface area (Å²) in [4.78, 5) is 4.90. The maximum absolute atomic E-state index is 9.05. The van der Waals surface area contributed by atoms with E-state index in [9.17, 15) is 0 Å². The number of ether oxygens (including phenoxy) is 1. The Morgan fingerprint density at radius 2 is 1.32 bits per heavy atom. The monoisotopic (exact) mass is 872 g/mol. The van der Waals surface area contributed by atoms with E-state index in [0.29, 0.717) is 28.2 Å². The van der Waals surface area contributed by atoms with Crippen LogP contribution in [0.3, 0.4) is 0 Å². The van der Waals surface area contributed by atoms with Gasteiger partial charge < -0.3 is 14.0 Å². The van der Waals surface area contributed by atoms with Gasteiger partial charge in [0.15, 0.2) is 0 Å². The molecule has 7 nitrogen and oxygen atoms in total. The molecule has 4 heterocycles. The predicted octanol–water partition coefficient (Wildman–Crippen LogP) is 12.9. The van der Waals surface area contributed by atoms with Gasteiger partial charge in [-0.15, -0.1) is 0 Å². The van der Waals surface area contributed by atoms with Gasteiger partial charge in [-0.2, -0.15) is 0 Å². The van der Waals surface area contributed by atoms with Crippen molar-refractivity contribution in [1.82, 2.24) is 14.1 Å². The number of para-hydroxylation sites is 3. The van der Waals surface area contributed by atoms with Crippen LogP contribution in [0, 0.1) is 6.33 Å². The molecule has 0 atom stereocenters. The highest BCUT2D eigenvalue weighted by Crippen LogP contribution is 2.40. The van der Waals surface area contributed by atoms with Gasteiger partial charge >= 0.3 is 7.12 Å². The first-order chi connectivity index (χ1) is 36.0. The molecule has 10 aromatic rings. The summed E-state index contributed by atoms with van der Waals surface area (Å²) in [7, 11) is -0.559. The standard InChI is InChI=1S/C58H51BN4O3/c1-56(2,3)41-32-33-60-54(34-41)63-50-31-28-42(59-65-57(4,5)58(6,7)66-59)35-49(50)48-30-29-45(37-53(48)63)64-44-23-16-22-43(36-44)61-38-62(52-27-15-14-26-51(52)61)55-46(39-18-10-8-11-19-39)24-17-25-47(55)40-20-12-9-13-21-40/h8-37H,1-7H3/i8D,9D,10D,11D,12D,13D,18D,19D,20D,21D. The molecule has 0 unspecified atom stereocenters. The predicted molar refractivity (Wildman–Crippen MR) is 268 cm³/mol. The van der Waals surface area contributed by atoms with Gasteiger partial charge in [-0.3, -0.25) is 13.7 Å². The van der Waals surface area contributed by atoms with Crippen LogP contribution in [0.2, 0.25) is 0 Å². The average Bonchev–Trinajstić information content (AvgIpc) is 4.06. The van der Waals surface area contributed by atoms with E-state index in [1.807, 2.05) is 113 Å². The number of hydrogen-bond acceptors (Lipinski definition) is 4. The summed E-state index contributed by atoms with van der Waals surface area (Å²) in [6, 6.07) is 30.7. The highest BCUT2D eigenvalue weighted by atomic mass is 16.7. The fourth-order valence-corrected chi connectivity index (χ4v) is 8.66. The number of imidazole rings is 1. The molecule has 0 amide bonds. The average molecular weight is 873 g/mol. The summed E-state index contributed by atoms with van der Waals surface area (Å²) in [6.45, 7) is 14.7. The Morgan fingerprint density at radius 3 is 2.02 bits per heavy atom. The summed E-state index contributed by atoms with van der Waals surface area (Å²) in [5.74, 6) is 1.80. The van der Waals surface area contributed by atoms with Crippen molar-refractivity contribution in [3.8, 4) is 50.9 Å². The van der Waals surface area contributed by atoms with Crippen LogP contribution in [0.15, 0.2) is 182 Å². The number of hydrogen-bond donors (Lipinski definition) is 0. The minimum absolute atomic E-state index is 0.137. The molecule has 1 aliphatic heterocycles. The first-order valence-electron chi connectivity index (χ1n) is 26.9. The van der Waals surface area contributed by atoms with Crippen LogP contribution < -0.4 is 14.8 Å². The highest BCUT2D eigenvalue weighted by molar-refractivity contribution is 6.62. The lowest BCUT2D eigenvalue weighted by molar-refractivity contribution is -0.571. The third-order valence-corrected chi connectivity index (χ3v) is 12.8. The van der Waals surface area contributed by atoms with E-state index < -0.39 is 78.7 Å². The topological polar surface area (TPSA) is 54.3 Å². The van der Waals surface area contributed by atoms with E-state index in [4.69, 9.17) is 32.7 Å². The lowest BCUT2D eigenvalue weighted by atomic mass is 9.78. The number of pyridine rings is 1. The molecule has 11 rings (SSSR count). The molecule has 0 saturated carbocycles. The number of aromatic nitrogens is 4. The Morgan fingerprint density at radius 1 is 0.652 bits per heavy atom. The molecule has 66 heavy (non-hydrogen) atoms. The lowest BCUT2D eigenvalue weighted by Gasteiger charge is -2.32. The quantitative estimate of drug-likeness (QED) is 0.0867. The molecule has 0 aliphatic carbocycles. The Hall–Kier alpha value is -7.26. The van der Waals surface area contributed by atoms with Crippen LogP contribution in [0.1, 0.15) is 67.7 Å². The zero-order valence-corrected chi connectivity index (χ0v) is 37.6. The van der Waals surface area contributed by atoms with Crippen molar-refractivity contribution in [1.29, 1.82) is 0 Å². The molecule has 0 spiro atoms. The number of benzene rings is 7. The maximum Gasteiger partial charge on any atom is 0.494 e. The maximum atomic E-state index is 9.05. The molecule has 1 saturated heterocycles. The SMILES string of the molecule is [2H]c1c([2H])c([2H])c(-c2cccc(-c3c([2H])c([2H])c([2H])c([2H])c3[2H])c2-[n+]2[c-]n(-c3cccc(Oc4ccc5c6cc(B7OC(C)(C)C(C)(C)O7)ccc6n(-c6cc(C(C)(C)C)ccn6)c5c4)c3)c3ccccc32)c([2H])c1[2H]. The van der Waals surface area contributed by atoms with Crippen LogP contribution >= 0.6 is 0 Å². The number of nitrogens with zero attached hydrogens (tertiary/aromatic N) is 4. The van der Waals surface area contributed by atoms with E-state index in [0.717, 1.165) is 38.6 Å². The summed E-state index contributed by atoms with van der Waals surface area (Å²) in [6.07, 6.45) is 5.29. The number of rotatable bonds is 8. The van der Waals surface area contributed by atoms with Gasteiger partial charge in [0.05, 0.1) is 58.4 Å². The summed E-state index contributed by atoms with van der Waals surface area (Å²) in [5, 5.41) is 1.96. The first-order valence-corrected chi connectivity index (χ1v) is 21.9. The Bertz CT molecular complexity index is 3910. The summed E-state index contributed by atoms with van der Waals surface area (Å²) in [5.41, 5.74) is 4.68. The van der Waals surface area contributed by atoms with Crippen molar-refractivity contribution in [3.63, 3.8) is 0 Å². The van der Waals surface area contributed by atoms with E-state index in [-0.39, 0.29) is 33.4 Å². The Balaban J connectivity index is 1.06. The molecule has 1 fully saturated rings. The Kier molecular flexibility index (Phi) is 7.53. The molecule has 0 radical (unpaired) electrons. The zero-order chi connectivity index (χ0) is 54.1. The van der Waals surface area contributed by atoms with Crippen molar-refractivity contribution < 1.29 is 32.3 Å². The second kappa shape index (κ2) is 15.7. The van der Waals surface area contributed by atoms with Gasteiger partial charge in [-0.05, 0) is 115 Å². The molecule has 8 heteroatoms. The molecule has 3 aromatic heterocycles. The van der Waals surface area contributed by atoms with Crippen LogP contribution in [-0.2, 0) is 14.7 Å². The lowest BCUT2D eigenvalue weighted by Crippen LogP contribution is -2.41. The van der Waals surface area contributed by atoms with Gasteiger partial charge in [-0.25, -0.2) is 4.98 Å². The highest BCUT2D eigenvalue weighted by Gasteiger charge is 2.51. The fourth-order valence-electron chi connectivity index (χ4n) is 8.66.